The van der Waals surface area contributed by atoms with Crippen LogP contribution in [0.2, 0.25) is 0 Å². The summed E-state index contributed by atoms with van der Waals surface area (Å²) in [5, 5.41) is 3.36. The van der Waals surface area contributed by atoms with Crippen LogP contribution in [-0.2, 0) is 4.74 Å². The van der Waals surface area contributed by atoms with E-state index in [9.17, 15) is 4.79 Å². The van der Waals surface area contributed by atoms with Gasteiger partial charge in [-0.25, -0.2) is 9.97 Å². The molecule has 1 aliphatic carbocycles. The molecule has 2 aliphatic rings. The number of anilines is 1. The molecule has 1 saturated carbocycles. The van der Waals surface area contributed by atoms with Gasteiger partial charge in [0, 0.05) is 31.2 Å². The van der Waals surface area contributed by atoms with Gasteiger partial charge in [0.15, 0.2) is 5.82 Å². The lowest BCUT2D eigenvalue weighted by Gasteiger charge is -2.34. The van der Waals surface area contributed by atoms with Crippen molar-refractivity contribution >= 4 is 11.7 Å². The Morgan fingerprint density at radius 3 is 2.96 bits per heavy atom. The van der Waals surface area contributed by atoms with Gasteiger partial charge >= 0.3 is 0 Å². The lowest BCUT2D eigenvalue weighted by molar-refractivity contribution is -0.00521. The summed E-state index contributed by atoms with van der Waals surface area (Å²) in [5.74, 6) is 2.11. The molecule has 136 valence electrons. The normalized spacial score (nSPS) is 20.0. The molecule has 2 fully saturated rings. The first-order valence-corrected chi connectivity index (χ1v) is 9.09. The van der Waals surface area contributed by atoms with Crippen molar-refractivity contribution in [3.63, 3.8) is 0 Å². The maximum Gasteiger partial charge on any atom is 0.256 e. The van der Waals surface area contributed by atoms with Gasteiger partial charge in [0.2, 0.25) is 0 Å². The molecule has 1 saturated heterocycles. The highest BCUT2D eigenvalue weighted by Crippen LogP contribution is 2.29. The number of amides is 1. The van der Waals surface area contributed by atoms with Crippen molar-refractivity contribution in [3.8, 4) is 0 Å². The highest BCUT2D eigenvalue weighted by Gasteiger charge is 2.31. The second-order valence-corrected chi connectivity index (χ2v) is 6.90. The molecule has 0 aromatic carbocycles. The summed E-state index contributed by atoms with van der Waals surface area (Å²) in [6.07, 6.45) is 5.93. The predicted molar refractivity (Wildman–Crippen MR) is 96.8 cm³/mol. The molecular weight excluding hydrogens is 330 g/mol. The fourth-order valence-corrected chi connectivity index (χ4v) is 3.02. The quantitative estimate of drug-likeness (QED) is 0.888. The van der Waals surface area contributed by atoms with Crippen molar-refractivity contribution in [1.29, 1.82) is 0 Å². The van der Waals surface area contributed by atoms with Crippen LogP contribution in [0.1, 0.15) is 40.8 Å². The van der Waals surface area contributed by atoms with Crippen LogP contribution in [0.3, 0.4) is 0 Å². The molecule has 0 unspecified atom stereocenters. The molecule has 1 amide bonds. The molecule has 26 heavy (non-hydrogen) atoms. The Kier molecular flexibility index (Phi) is 4.79. The molecule has 7 heteroatoms. The Balaban J connectivity index is 1.53. The molecule has 2 aromatic rings. The SMILES string of the molecule is Cc1ccc(C(=O)N2CCOC[C@@H]2c2nccc(NCC3CC3)n2)cn1. The number of nitrogens with one attached hydrogen (secondary N) is 1. The smallest absolute Gasteiger partial charge is 0.256 e. The van der Waals surface area contributed by atoms with E-state index in [1.165, 1.54) is 12.8 Å². The van der Waals surface area contributed by atoms with Crippen molar-refractivity contribution in [1.82, 2.24) is 19.9 Å². The third-order valence-corrected chi connectivity index (χ3v) is 4.79. The number of hydrogen-bond donors (Lipinski definition) is 1. The monoisotopic (exact) mass is 353 g/mol. The summed E-state index contributed by atoms with van der Waals surface area (Å²) >= 11 is 0. The van der Waals surface area contributed by atoms with Gasteiger partial charge in [-0.3, -0.25) is 9.78 Å². The first-order chi connectivity index (χ1) is 12.7. The third-order valence-electron chi connectivity index (χ3n) is 4.79. The number of nitrogens with zero attached hydrogens (tertiary/aromatic N) is 4. The van der Waals surface area contributed by atoms with E-state index < -0.39 is 0 Å². The number of aryl methyl sites for hydroxylation is 1. The molecule has 7 nitrogen and oxygen atoms in total. The summed E-state index contributed by atoms with van der Waals surface area (Å²) < 4.78 is 5.61. The topological polar surface area (TPSA) is 80.2 Å². The second-order valence-electron chi connectivity index (χ2n) is 6.90. The summed E-state index contributed by atoms with van der Waals surface area (Å²) in [4.78, 5) is 28.0. The van der Waals surface area contributed by atoms with Gasteiger partial charge in [0.05, 0.1) is 18.8 Å². The van der Waals surface area contributed by atoms with Gasteiger partial charge in [0.1, 0.15) is 11.9 Å². The van der Waals surface area contributed by atoms with E-state index in [1.54, 1.807) is 17.3 Å². The van der Waals surface area contributed by atoms with E-state index in [1.807, 2.05) is 25.1 Å². The van der Waals surface area contributed by atoms with Crippen LogP contribution in [0, 0.1) is 12.8 Å². The number of pyridine rings is 1. The molecule has 4 rings (SSSR count). The summed E-state index contributed by atoms with van der Waals surface area (Å²) in [5.41, 5.74) is 1.46. The van der Waals surface area contributed by atoms with Crippen molar-refractivity contribution in [2.45, 2.75) is 25.8 Å². The molecular formula is C19H23N5O2. The van der Waals surface area contributed by atoms with Gasteiger partial charge in [0.25, 0.3) is 5.91 Å². The van der Waals surface area contributed by atoms with Gasteiger partial charge in [-0.15, -0.1) is 0 Å². The Bertz CT molecular complexity index is 776. The highest BCUT2D eigenvalue weighted by atomic mass is 16.5. The fraction of sp³-hybridized carbons (Fsp3) is 0.474. The Hall–Kier alpha value is -2.54. The minimum atomic E-state index is -0.291. The first kappa shape index (κ1) is 16.9. The number of morpholine rings is 1. The molecule has 0 spiro atoms. The lowest BCUT2D eigenvalue weighted by atomic mass is 10.1. The van der Waals surface area contributed by atoms with E-state index in [-0.39, 0.29) is 11.9 Å². The van der Waals surface area contributed by atoms with Crippen LogP contribution in [0.25, 0.3) is 0 Å². The molecule has 3 heterocycles. The second kappa shape index (κ2) is 7.37. The summed E-state index contributed by atoms with van der Waals surface area (Å²) in [6, 6.07) is 5.24. The number of hydrogen-bond acceptors (Lipinski definition) is 6. The Morgan fingerprint density at radius 2 is 2.19 bits per heavy atom. The van der Waals surface area contributed by atoms with Crippen molar-refractivity contribution < 1.29 is 9.53 Å². The van der Waals surface area contributed by atoms with Crippen molar-refractivity contribution in [2.24, 2.45) is 5.92 Å². The molecule has 0 bridgehead atoms. The van der Waals surface area contributed by atoms with Crippen LogP contribution in [-0.4, -0.2) is 52.1 Å². The highest BCUT2D eigenvalue weighted by molar-refractivity contribution is 5.94. The van der Waals surface area contributed by atoms with Gasteiger partial charge in [-0.05, 0) is 43.9 Å². The maximum absolute atomic E-state index is 13.0. The zero-order chi connectivity index (χ0) is 17.9. The minimum absolute atomic E-state index is 0.0641. The number of aromatic nitrogens is 3. The van der Waals surface area contributed by atoms with Crippen molar-refractivity contribution in [3.05, 3.63) is 47.7 Å². The lowest BCUT2D eigenvalue weighted by Crippen LogP contribution is -2.44. The third kappa shape index (κ3) is 3.83. The predicted octanol–water partition coefficient (Wildman–Crippen LogP) is 2.22. The molecule has 1 aliphatic heterocycles. The first-order valence-electron chi connectivity index (χ1n) is 9.09. The van der Waals surface area contributed by atoms with Crippen LogP contribution >= 0.6 is 0 Å². The van der Waals surface area contributed by atoms with E-state index in [0.29, 0.717) is 31.1 Å². The van der Waals surface area contributed by atoms with E-state index in [4.69, 9.17) is 4.74 Å². The Labute approximate surface area is 152 Å². The summed E-state index contributed by atoms with van der Waals surface area (Å²) in [6.45, 7) is 4.27. The molecule has 1 atom stereocenters. The average Bonchev–Trinajstić information content (AvgIpc) is 3.51. The van der Waals surface area contributed by atoms with E-state index in [2.05, 4.69) is 20.3 Å². The zero-order valence-corrected chi connectivity index (χ0v) is 14.9. The minimum Gasteiger partial charge on any atom is -0.377 e. The van der Waals surface area contributed by atoms with Gasteiger partial charge in [-0.2, -0.15) is 0 Å². The molecule has 1 N–H and O–H groups in total. The molecule has 0 radical (unpaired) electrons. The van der Waals surface area contributed by atoms with E-state index >= 15 is 0 Å². The standard InChI is InChI=1S/C19H23N5O2/c1-13-2-5-15(11-21-13)19(25)24-8-9-26-12-16(24)18-20-7-6-17(23-18)22-10-14-3-4-14/h2,5-7,11,14,16H,3-4,8-10,12H2,1H3,(H,20,22,23)/t16-/m1/s1. The number of carbonyl (C=O) groups excluding carboxylic acids is 1. The summed E-state index contributed by atoms with van der Waals surface area (Å²) in [7, 11) is 0. The largest absolute Gasteiger partial charge is 0.377 e. The van der Waals surface area contributed by atoms with Crippen LogP contribution < -0.4 is 5.32 Å². The van der Waals surface area contributed by atoms with Crippen molar-refractivity contribution in [2.75, 3.05) is 31.6 Å². The fourth-order valence-electron chi connectivity index (χ4n) is 3.02. The number of carbonyl (C=O) groups is 1. The maximum atomic E-state index is 13.0. The molecule has 2 aromatic heterocycles. The van der Waals surface area contributed by atoms with Gasteiger partial charge < -0.3 is 15.0 Å². The van der Waals surface area contributed by atoms with Gasteiger partial charge in [-0.1, -0.05) is 0 Å². The van der Waals surface area contributed by atoms with Crippen LogP contribution in [0.5, 0.6) is 0 Å². The number of rotatable bonds is 5. The zero-order valence-electron chi connectivity index (χ0n) is 14.9. The average molecular weight is 353 g/mol. The van der Waals surface area contributed by atoms with E-state index in [0.717, 1.165) is 24.0 Å². The van der Waals surface area contributed by atoms with Crippen LogP contribution in [0.15, 0.2) is 30.6 Å². The Morgan fingerprint density at radius 1 is 1.31 bits per heavy atom. The number of ether oxygens (including phenoxy) is 1. The van der Waals surface area contributed by atoms with Crippen LogP contribution in [0.4, 0.5) is 5.82 Å².